The van der Waals surface area contributed by atoms with Crippen molar-refractivity contribution in [1.29, 1.82) is 0 Å². The Kier molecular flexibility index (Phi) is 3.16. The van der Waals surface area contributed by atoms with Crippen LogP contribution in [0.25, 0.3) is 11.0 Å². The molecule has 6 heteroatoms. The number of hydrogen-bond acceptors (Lipinski definition) is 3. The van der Waals surface area contributed by atoms with Gasteiger partial charge in [-0.05, 0) is 35.0 Å². The van der Waals surface area contributed by atoms with Crippen molar-refractivity contribution in [2.45, 2.75) is 6.92 Å². The van der Waals surface area contributed by atoms with Gasteiger partial charge in [-0.15, -0.1) is 0 Å². The second-order valence-electron chi connectivity index (χ2n) is 3.07. The number of aromatic nitrogens is 2. The third-order valence-electron chi connectivity index (χ3n) is 2.06. The van der Waals surface area contributed by atoms with Gasteiger partial charge in [0.05, 0.1) is 22.7 Å². The first-order valence-corrected chi connectivity index (χ1v) is 5.81. The summed E-state index contributed by atoms with van der Waals surface area (Å²) in [6.45, 7) is 2.09. The van der Waals surface area contributed by atoms with Crippen molar-refractivity contribution in [3.63, 3.8) is 0 Å². The summed E-state index contributed by atoms with van der Waals surface area (Å²) in [6, 6.07) is 3.25. The molecule has 0 aliphatic heterocycles. The summed E-state index contributed by atoms with van der Waals surface area (Å²) in [7, 11) is 0. The molecular weight excluding hydrogens is 295 g/mol. The second kappa shape index (κ2) is 4.43. The zero-order valence-corrected chi connectivity index (χ0v) is 10.7. The smallest absolute Gasteiger partial charge is 0.340 e. The number of hydrogen-bond donors (Lipinski definition) is 1. The summed E-state index contributed by atoms with van der Waals surface area (Å²) in [5.74, 6) is -0.389. The van der Waals surface area contributed by atoms with E-state index >= 15 is 0 Å². The Bertz CT molecular complexity index is 553. The Morgan fingerprint density at radius 2 is 2.38 bits per heavy atom. The molecule has 1 aromatic heterocycles. The lowest BCUT2D eigenvalue weighted by atomic mass is 10.2. The fourth-order valence-corrected chi connectivity index (χ4v) is 1.99. The van der Waals surface area contributed by atoms with Crippen LogP contribution in [0.4, 0.5) is 0 Å². The van der Waals surface area contributed by atoms with E-state index in [9.17, 15) is 4.79 Å². The molecule has 0 aliphatic carbocycles. The third-order valence-corrected chi connectivity index (χ3v) is 2.74. The molecule has 2 aromatic rings. The topological polar surface area (TPSA) is 55.0 Å². The molecule has 1 heterocycles. The minimum atomic E-state index is -0.389. The van der Waals surface area contributed by atoms with Gasteiger partial charge in [0.1, 0.15) is 5.52 Å². The van der Waals surface area contributed by atoms with Crippen molar-refractivity contribution in [2.24, 2.45) is 0 Å². The fourth-order valence-electron chi connectivity index (χ4n) is 1.41. The molecule has 1 aromatic carbocycles. The zero-order valence-electron chi connectivity index (χ0n) is 8.38. The average molecular weight is 304 g/mol. The summed E-state index contributed by atoms with van der Waals surface area (Å²) >= 11 is 9.17. The predicted octanol–water partition coefficient (Wildman–Crippen LogP) is 3.16. The Morgan fingerprint density at radius 1 is 1.62 bits per heavy atom. The van der Waals surface area contributed by atoms with Gasteiger partial charge < -0.3 is 9.72 Å². The quantitative estimate of drug-likeness (QED) is 0.867. The summed E-state index contributed by atoms with van der Waals surface area (Å²) in [5.41, 5.74) is 1.57. The van der Waals surface area contributed by atoms with Crippen LogP contribution < -0.4 is 0 Å². The van der Waals surface area contributed by atoms with Gasteiger partial charge in [-0.1, -0.05) is 11.6 Å². The van der Waals surface area contributed by atoms with Crippen molar-refractivity contribution in [3.05, 3.63) is 27.5 Å². The normalized spacial score (nSPS) is 10.7. The molecule has 0 spiro atoms. The van der Waals surface area contributed by atoms with Crippen molar-refractivity contribution in [3.8, 4) is 0 Å². The van der Waals surface area contributed by atoms with E-state index in [4.69, 9.17) is 16.3 Å². The number of rotatable bonds is 2. The summed E-state index contributed by atoms with van der Waals surface area (Å²) in [5, 5.41) is 0.491. The SMILES string of the molecule is CCOC(=O)c1ccc(Cl)c2nc(Br)[nH]c12. The molecular formula is C10H8BrClN2O2. The van der Waals surface area contributed by atoms with Crippen molar-refractivity contribution >= 4 is 44.5 Å². The second-order valence-corrected chi connectivity index (χ2v) is 4.22. The van der Waals surface area contributed by atoms with Gasteiger partial charge in [-0.25, -0.2) is 9.78 Å². The molecule has 84 valence electrons. The maximum atomic E-state index is 11.7. The highest BCUT2D eigenvalue weighted by Gasteiger charge is 2.15. The molecule has 0 bridgehead atoms. The molecule has 0 amide bonds. The van der Waals surface area contributed by atoms with E-state index in [-0.39, 0.29) is 5.97 Å². The average Bonchev–Trinajstić information content (AvgIpc) is 2.61. The molecule has 4 nitrogen and oxygen atoms in total. The van der Waals surface area contributed by atoms with Crippen molar-refractivity contribution in [1.82, 2.24) is 9.97 Å². The number of fused-ring (bicyclic) bond motifs is 1. The van der Waals surface area contributed by atoms with E-state index < -0.39 is 0 Å². The minimum absolute atomic E-state index is 0.332. The van der Waals surface area contributed by atoms with Gasteiger partial charge in [0.15, 0.2) is 4.73 Å². The Hall–Kier alpha value is -1.07. The first-order chi connectivity index (χ1) is 7.63. The van der Waals surface area contributed by atoms with Crippen LogP contribution in [-0.2, 0) is 4.74 Å². The van der Waals surface area contributed by atoms with Crippen LogP contribution in [0.1, 0.15) is 17.3 Å². The first-order valence-electron chi connectivity index (χ1n) is 4.64. The lowest BCUT2D eigenvalue weighted by Crippen LogP contribution is -2.05. The van der Waals surface area contributed by atoms with Gasteiger partial charge in [-0.2, -0.15) is 0 Å². The molecule has 0 saturated carbocycles. The number of ether oxygens (including phenoxy) is 1. The fraction of sp³-hybridized carbons (Fsp3) is 0.200. The molecule has 0 atom stereocenters. The number of halogens is 2. The van der Waals surface area contributed by atoms with Crippen LogP contribution in [0.3, 0.4) is 0 Å². The van der Waals surface area contributed by atoms with Gasteiger partial charge in [-0.3, -0.25) is 0 Å². The van der Waals surface area contributed by atoms with E-state index in [1.54, 1.807) is 19.1 Å². The highest BCUT2D eigenvalue weighted by molar-refractivity contribution is 9.10. The van der Waals surface area contributed by atoms with Crippen molar-refractivity contribution < 1.29 is 9.53 Å². The van der Waals surface area contributed by atoms with E-state index in [0.29, 0.717) is 33.0 Å². The maximum absolute atomic E-state index is 11.7. The van der Waals surface area contributed by atoms with E-state index in [0.717, 1.165) is 0 Å². The summed E-state index contributed by atoms with van der Waals surface area (Å²) < 4.78 is 5.47. The number of benzene rings is 1. The van der Waals surface area contributed by atoms with Crippen LogP contribution in [0, 0.1) is 0 Å². The van der Waals surface area contributed by atoms with E-state index in [1.807, 2.05) is 0 Å². The lowest BCUT2D eigenvalue weighted by molar-refractivity contribution is 0.0528. The third kappa shape index (κ3) is 1.92. The van der Waals surface area contributed by atoms with Gasteiger partial charge in [0.2, 0.25) is 0 Å². The number of aromatic amines is 1. The molecule has 1 N–H and O–H groups in total. The van der Waals surface area contributed by atoms with Crippen LogP contribution in [-0.4, -0.2) is 22.5 Å². The predicted molar refractivity (Wildman–Crippen MR) is 64.8 cm³/mol. The highest BCUT2D eigenvalue weighted by Crippen LogP contribution is 2.26. The molecule has 0 radical (unpaired) electrons. The van der Waals surface area contributed by atoms with Crippen LogP contribution in [0.15, 0.2) is 16.9 Å². The highest BCUT2D eigenvalue weighted by atomic mass is 79.9. The molecule has 16 heavy (non-hydrogen) atoms. The number of carbonyl (C=O) groups excluding carboxylic acids is 1. The standard InChI is InChI=1S/C10H8BrClN2O2/c1-2-16-9(15)5-3-4-6(12)8-7(5)13-10(11)14-8/h3-4H,2H2,1H3,(H,13,14). The molecule has 2 rings (SSSR count). The Balaban J connectivity index is 2.62. The summed E-state index contributed by atoms with van der Waals surface area (Å²) in [4.78, 5) is 18.7. The largest absolute Gasteiger partial charge is 0.462 e. The molecule has 0 unspecified atom stereocenters. The van der Waals surface area contributed by atoms with Gasteiger partial charge >= 0.3 is 5.97 Å². The van der Waals surface area contributed by atoms with Gasteiger partial charge in [0, 0.05) is 0 Å². The first kappa shape index (κ1) is 11.4. The number of carbonyl (C=O) groups is 1. The lowest BCUT2D eigenvalue weighted by Gasteiger charge is -2.02. The number of H-pyrrole nitrogens is 1. The number of esters is 1. The Labute approximate surface area is 105 Å². The number of nitrogens with zero attached hydrogens (tertiary/aromatic N) is 1. The Morgan fingerprint density at radius 3 is 3.06 bits per heavy atom. The maximum Gasteiger partial charge on any atom is 0.340 e. The number of imidazole rings is 1. The monoisotopic (exact) mass is 302 g/mol. The minimum Gasteiger partial charge on any atom is -0.462 e. The zero-order chi connectivity index (χ0) is 11.7. The van der Waals surface area contributed by atoms with Gasteiger partial charge in [0.25, 0.3) is 0 Å². The molecule has 0 fully saturated rings. The van der Waals surface area contributed by atoms with Crippen LogP contribution >= 0.6 is 27.5 Å². The van der Waals surface area contributed by atoms with E-state index in [2.05, 4.69) is 25.9 Å². The molecule has 0 saturated heterocycles. The van der Waals surface area contributed by atoms with Crippen LogP contribution in [0.5, 0.6) is 0 Å². The van der Waals surface area contributed by atoms with E-state index in [1.165, 1.54) is 0 Å². The van der Waals surface area contributed by atoms with Crippen LogP contribution in [0.2, 0.25) is 5.02 Å². The van der Waals surface area contributed by atoms with Crippen molar-refractivity contribution in [2.75, 3.05) is 6.61 Å². The number of nitrogens with one attached hydrogen (secondary N) is 1. The summed E-state index contributed by atoms with van der Waals surface area (Å²) in [6.07, 6.45) is 0. The molecule has 0 aliphatic rings.